The number of carbonyl (C=O) groups excluding carboxylic acids is 2. The van der Waals surface area contributed by atoms with Crippen molar-refractivity contribution in [1.29, 1.82) is 0 Å². The van der Waals surface area contributed by atoms with Gasteiger partial charge in [0.25, 0.3) is 5.91 Å². The molecule has 1 amide bonds. The van der Waals surface area contributed by atoms with Crippen LogP contribution in [0.3, 0.4) is 0 Å². The fourth-order valence-corrected chi connectivity index (χ4v) is 1.50. The number of alkyl halides is 2. The Morgan fingerprint density at radius 1 is 1.31 bits per heavy atom. The maximum Gasteiger partial charge on any atom is 0.266 e. The molecule has 0 radical (unpaired) electrons. The van der Waals surface area contributed by atoms with Gasteiger partial charge in [-0.15, -0.1) is 0 Å². The van der Waals surface area contributed by atoms with E-state index in [2.05, 4.69) is 37.2 Å². The summed E-state index contributed by atoms with van der Waals surface area (Å²) in [6.07, 6.45) is -2.14. The number of Topliss-reactive ketones (excluding diaryl/α,β-unsaturated/α-hetero) is 1. The lowest BCUT2D eigenvalue weighted by Crippen LogP contribution is -2.32. The molecular weight excluding hydrogens is 345 g/mol. The van der Waals surface area contributed by atoms with E-state index in [-0.39, 0.29) is 5.33 Å². The van der Waals surface area contributed by atoms with Crippen LogP contribution in [0.4, 0.5) is 10.1 Å². The number of nitrogens with one attached hydrogen (secondary N) is 1. The summed E-state index contributed by atoms with van der Waals surface area (Å²) in [6, 6.07) is 6.62. The summed E-state index contributed by atoms with van der Waals surface area (Å²) in [6.45, 7) is 0. The summed E-state index contributed by atoms with van der Waals surface area (Å²) in [5, 5.41) is 2.13. The van der Waals surface area contributed by atoms with E-state index in [0.29, 0.717) is 5.69 Å². The molecule has 1 N–H and O–H groups in total. The van der Waals surface area contributed by atoms with E-state index in [1.54, 1.807) is 24.3 Å². The van der Waals surface area contributed by atoms with Crippen molar-refractivity contribution >= 4 is 49.2 Å². The van der Waals surface area contributed by atoms with E-state index in [0.717, 1.165) is 4.47 Å². The summed E-state index contributed by atoms with van der Waals surface area (Å²) < 4.78 is 14.0. The Bertz CT molecular complexity index is 394. The average molecular weight is 353 g/mol. The molecule has 0 fully saturated rings. The van der Waals surface area contributed by atoms with Crippen molar-refractivity contribution < 1.29 is 14.0 Å². The molecule has 0 aromatic heterocycles. The maximum atomic E-state index is 13.2. The molecule has 0 aliphatic carbocycles. The first-order valence-corrected chi connectivity index (χ1v) is 6.25. The number of anilines is 1. The number of hydrogen-bond donors (Lipinski definition) is 1. The molecule has 1 atom stereocenters. The number of rotatable bonds is 4. The van der Waals surface area contributed by atoms with E-state index in [9.17, 15) is 14.0 Å². The lowest BCUT2D eigenvalue weighted by Gasteiger charge is -2.07. The second kappa shape index (κ2) is 6.10. The van der Waals surface area contributed by atoms with Crippen LogP contribution in [0.2, 0.25) is 0 Å². The molecular formula is C10H8Br2FNO2. The van der Waals surface area contributed by atoms with E-state index >= 15 is 0 Å². The van der Waals surface area contributed by atoms with Crippen molar-refractivity contribution in [3.8, 4) is 0 Å². The SMILES string of the molecule is O=C(CBr)C(F)C(=O)Nc1ccc(Br)cc1. The zero-order valence-corrected chi connectivity index (χ0v) is 11.2. The quantitative estimate of drug-likeness (QED) is 0.669. The number of halogens is 3. The standard InChI is InChI=1S/C10H8Br2FNO2/c11-5-8(15)9(13)10(16)14-7-3-1-6(12)2-4-7/h1-4,9H,5H2,(H,14,16). The van der Waals surface area contributed by atoms with Crippen molar-refractivity contribution in [2.75, 3.05) is 10.6 Å². The second-order valence-electron chi connectivity index (χ2n) is 2.96. The second-order valence-corrected chi connectivity index (χ2v) is 4.44. The first kappa shape index (κ1) is 13.3. The van der Waals surface area contributed by atoms with Gasteiger partial charge >= 0.3 is 0 Å². The van der Waals surface area contributed by atoms with Gasteiger partial charge in [-0.2, -0.15) is 0 Å². The maximum absolute atomic E-state index is 13.2. The molecule has 0 aliphatic heterocycles. The van der Waals surface area contributed by atoms with E-state index in [1.807, 2.05) is 0 Å². The van der Waals surface area contributed by atoms with Crippen LogP contribution in [0.1, 0.15) is 0 Å². The Balaban J connectivity index is 2.64. The molecule has 0 saturated heterocycles. The Morgan fingerprint density at radius 3 is 2.38 bits per heavy atom. The molecule has 1 rings (SSSR count). The van der Waals surface area contributed by atoms with Crippen LogP contribution in [-0.2, 0) is 9.59 Å². The molecule has 6 heteroatoms. The first-order valence-electron chi connectivity index (χ1n) is 4.33. The number of hydrogen-bond acceptors (Lipinski definition) is 2. The minimum absolute atomic E-state index is 0.179. The lowest BCUT2D eigenvalue weighted by molar-refractivity contribution is -0.130. The zero-order valence-electron chi connectivity index (χ0n) is 8.04. The first-order chi connectivity index (χ1) is 7.54. The van der Waals surface area contributed by atoms with E-state index in [4.69, 9.17) is 0 Å². The highest BCUT2D eigenvalue weighted by Gasteiger charge is 2.24. The highest BCUT2D eigenvalue weighted by molar-refractivity contribution is 9.10. The van der Waals surface area contributed by atoms with E-state index < -0.39 is 17.9 Å². The van der Waals surface area contributed by atoms with Crippen LogP contribution < -0.4 is 5.32 Å². The summed E-state index contributed by atoms with van der Waals surface area (Å²) in [7, 11) is 0. The minimum atomic E-state index is -2.14. The molecule has 3 nitrogen and oxygen atoms in total. The Hall–Kier alpha value is -0.750. The van der Waals surface area contributed by atoms with Crippen LogP contribution in [0.5, 0.6) is 0 Å². The average Bonchev–Trinajstić information content (AvgIpc) is 2.30. The summed E-state index contributed by atoms with van der Waals surface area (Å²) in [5.74, 6) is -1.75. The number of carbonyl (C=O) groups is 2. The third kappa shape index (κ3) is 3.68. The predicted molar refractivity (Wildman–Crippen MR) is 66.5 cm³/mol. The summed E-state index contributed by atoms with van der Waals surface area (Å²) in [5.41, 5.74) is 0.443. The van der Waals surface area contributed by atoms with Crippen LogP contribution in [0.15, 0.2) is 28.7 Å². The highest BCUT2D eigenvalue weighted by atomic mass is 79.9. The Kier molecular flexibility index (Phi) is 5.08. The Morgan fingerprint density at radius 2 is 1.88 bits per heavy atom. The fourth-order valence-electron chi connectivity index (χ4n) is 0.953. The van der Waals surface area contributed by atoms with E-state index in [1.165, 1.54) is 0 Å². The van der Waals surface area contributed by atoms with Gasteiger partial charge in [0.15, 0.2) is 5.78 Å². The molecule has 86 valence electrons. The van der Waals surface area contributed by atoms with Crippen LogP contribution in [0, 0.1) is 0 Å². The predicted octanol–water partition coefficient (Wildman–Crippen LogP) is 2.69. The molecule has 16 heavy (non-hydrogen) atoms. The molecule has 1 aromatic carbocycles. The van der Waals surface area contributed by atoms with Crippen molar-refractivity contribution in [2.45, 2.75) is 6.17 Å². The molecule has 0 saturated carbocycles. The lowest BCUT2D eigenvalue weighted by atomic mass is 10.2. The van der Waals surface area contributed by atoms with Gasteiger partial charge in [-0.3, -0.25) is 9.59 Å². The number of amides is 1. The van der Waals surface area contributed by atoms with Crippen LogP contribution in [0.25, 0.3) is 0 Å². The van der Waals surface area contributed by atoms with Gasteiger partial charge in [0.05, 0.1) is 5.33 Å². The fraction of sp³-hybridized carbons (Fsp3) is 0.200. The van der Waals surface area contributed by atoms with Crippen molar-refractivity contribution in [2.24, 2.45) is 0 Å². The Labute approximate surface area is 109 Å². The van der Waals surface area contributed by atoms with Gasteiger partial charge < -0.3 is 5.32 Å². The molecule has 0 bridgehead atoms. The molecule has 0 heterocycles. The van der Waals surface area contributed by atoms with Crippen molar-refractivity contribution in [1.82, 2.24) is 0 Å². The number of ketones is 1. The highest BCUT2D eigenvalue weighted by Crippen LogP contribution is 2.14. The monoisotopic (exact) mass is 351 g/mol. The van der Waals surface area contributed by atoms with Crippen molar-refractivity contribution in [3.63, 3.8) is 0 Å². The molecule has 1 unspecified atom stereocenters. The van der Waals surface area contributed by atoms with Crippen LogP contribution >= 0.6 is 31.9 Å². The van der Waals surface area contributed by atoms with Gasteiger partial charge in [-0.25, -0.2) is 4.39 Å². The van der Waals surface area contributed by atoms with Gasteiger partial charge in [0.2, 0.25) is 6.17 Å². The van der Waals surface area contributed by atoms with Gasteiger partial charge in [-0.05, 0) is 24.3 Å². The van der Waals surface area contributed by atoms with Gasteiger partial charge in [0, 0.05) is 10.2 Å². The van der Waals surface area contributed by atoms with Gasteiger partial charge in [-0.1, -0.05) is 31.9 Å². The molecule has 1 aromatic rings. The summed E-state index contributed by atoms with van der Waals surface area (Å²) >= 11 is 6.03. The largest absolute Gasteiger partial charge is 0.323 e. The van der Waals surface area contributed by atoms with Crippen LogP contribution in [-0.4, -0.2) is 23.2 Å². The normalized spacial score (nSPS) is 11.9. The van der Waals surface area contributed by atoms with Crippen molar-refractivity contribution in [3.05, 3.63) is 28.7 Å². The topological polar surface area (TPSA) is 46.2 Å². The number of benzene rings is 1. The molecule has 0 spiro atoms. The smallest absolute Gasteiger partial charge is 0.266 e. The third-order valence-corrected chi connectivity index (χ3v) is 2.84. The van der Waals surface area contributed by atoms with Gasteiger partial charge in [0.1, 0.15) is 0 Å². The molecule has 0 aliphatic rings. The minimum Gasteiger partial charge on any atom is -0.323 e. The third-order valence-electron chi connectivity index (χ3n) is 1.76. The zero-order chi connectivity index (χ0) is 12.1. The summed E-state index contributed by atoms with van der Waals surface area (Å²) in [4.78, 5) is 22.2.